The Balaban J connectivity index is 2.73. The lowest BCUT2D eigenvalue weighted by atomic mass is 10.0. The van der Waals surface area contributed by atoms with Gasteiger partial charge < -0.3 is 25.6 Å². The van der Waals surface area contributed by atoms with Crippen LogP contribution >= 0.6 is 0 Å². The zero-order valence-electron chi connectivity index (χ0n) is 10.3. The van der Waals surface area contributed by atoms with Crippen molar-refractivity contribution in [3.63, 3.8) is 0 Å². The second kappa shape index (κ2) is 6.76. The van der Waals surface area contributed by atoms with Gasteiger partial charge in [0.2, 0.25) is 5.91 Å². The van der Waals surface area contributed by atoms with Gasteiger partial charge in [-0.05, 0) is 28.5 Å². The van der Waals surface area contributed by atoms with Gasteiger partial charge in [0.1, 0.15) is 12.3 Å². The molecule has 19 heavy (non-hydrogen) atoms. The first-order valence-electron chi connectivity index (χ1n) is 5.63. The lowest BCUT2D eigenvalue weighted by molar-refractivity contribution is -0.391. The second-order valence-corrected chi connectivity index (χ2v) is 3.96. The van der Waals surface area contributed by atoms with Gasteiger partial charge in [-0.2, -0.15) is 0 Å². The summed E-state index contributed by atoms with van der Waals surface area (Å²) in [5.74, 6) is -0.748. The Hall–Kier alpha value is -2.06. The molecule has 0 radical (unpaired) electrons. The van der Waals surface area contributed by atoms with Crippen LogP contribution in [0.25, 0.3) is 0 Å². The van der Waals surface area contributed by atoms with Crippen LogP contribution in [0.1, 0.15) is 25.0 Å². The maximum Gasteiger partial charge on any atom is 0.369 e. The number of carbonyl (C=O) groups is 1. The summed E-state index contributed by atoms with van der Waals surface area (Å²) in [6.07, 6.45) is -1.34. The second-order valence-electron chi connectivity index (χ2n) is 3.96. The van der Waals surface area contributed by atoms with Gasteiger partial charge in [-0.15, -0.1) is 0 Å². The zero-order valence-corrected chi connectivity index (χ0v) is 10.3. The molecule has 0 aliphatic rings. The summed E-state index contributed by atoms with van der Waals surface area (Å²) in [6, 6.07) is 2.77. The van der Waals surface area contributed by atoms with Crippen molar-refractivity contribution in [3.8, 4) is 0 Å². The highest BCUT2D eigenvalue weighted by atomic mass is 16.6. The molecule has 0 aliphatic carbocycles. The Labute approximate surface area is 109 Å². The van der Waals surface area contributed by atoms with E-state index in [9.17, 15) is 25.1 Å². The standard InChI is InChI=1S/C11H15N3O5/c1-7(15)12-6-4-9(16)10(17)8-3-2-5-13-11(8)14(18)19/h2-3,5,9-10,16-17H,4,6H2,1H3,(H,12,15). The summed E-state index contributed by atoms with van der Waals surface area (Å²) >= 11 is 0. The first-order valence-corrected chi connectivity index (χ1v) is 5.63. The van der Waals surface area contributed by atoms with Crippen LogP contribution in [0.4, 0.5) is 5.82 Å². The SMILES string of the molecule is CC(=O)NCCC(O)C(O)c1cccnc1[N+](=O)[O-]. The number of pyridine rings is 1. The number of hydrogen-bond acceptors (Lipinski definition) is 6. The summed E-state index contributed by atoms with van der Waals surface area (Å²) in [7, 11) is 0. The molecule has 0 saturated heterocycles. The fourth-order valence-corrected chi connectivity index (χ4v) is 1.55. The number of aromatic nitrogens is 1. The summed E-state index contributed by atoms with van der Waals surface area (Å²) in [6.45, 7) is 1.50. The number of aliphatic hydroxyl groups is 2. The van der Waals surface area contributed by atoms with Crippen molar-refractivity contribution in [1.29, 1.82) is 0 Å². The fraction of sp³-hybridized carbons (Fsp3) is 0.455. The molecule has 0 saturated carbocycles. The lowest BCUT2D eigenvalue weighted by Gasteiger charge is -2.17. The number of nitrogens with zero attached hydrogens (tertiary/aromatic N) is 2. The molecule has 0 bridgehead atoms. The Morgan fingerprint density at radius 2 is 2.26 bits per heavy atom. The number of amides is 1. The maximum atomic E-state index is 10.7. The van der Waals surface area contributed by atoms with E-state index in [1.807, 2.05) is 0 Å². The largest absolute Gasteiger partial charge is 0.390 e. The summed E-state index contributed by atoms with van der Waals surface area (Å²) in [4.78, 5) is 24.2. The van der Waals surface area contributed by atoms with E-state index < -0.39 is 22.9 Å². The molecule has 1 aromatic rings. The van der Waals surface area contributed by atoms with E-state index in [0.29, 0.717) is 0 Å². The molecular weight excluding hydrogens is 254 g/mol. The van der Waals surface area contributed by atoms with Crippen molar-refractivity contribution >= 4 is 11.7 Å². The molecule has 2 unspecified atom stereocenters. The average Bonchev–Trinajstić information content (AvgIpc) is 2.37. The molecule has 0 aromatic carbocycles. The zero-order chi connectivity index (χ0) is 14.4. The Kier molecular flexibility index (Phi) is 5.34. The third-order valence-corrected chi connectivity index (χ3v) is 2.49. The van der Waals surface area contributed by atoms with Gasteiger partial charge in [-0.3, -0.25) is 4.79 Å². The predicted octanol–water partition coefficient (Wildman–Crippen LogP) is -0.0897. The highest BCUT2D eigenvalue weighted by Gasteiger charge is 2.26. The fourth-order valence-electron chi connectivity index (χ4n) is 1.55. The highest BCUT2D eigenvalue weighted by molar-refractivity contribution is 5.72. The van der Waals surface area contributed by atoms with E-state index in [4.69, 9.17) is 0 Å². The molecule has 1 heterocycles. The summed E-state index contributed by atoms with van der Waals surface area (Å²) < 4.78 is 0. The Morgan fingerprint density at radius 3 is 2.84 bits per heavy atom. The van der Waals surface area contributed by atoms with Crippen molar-refractivity contribution in [2.45, 2.75) is 25.6 Å². The van der Waals surface area contributed by atoms with Crippen LogP contribution < -0.4 is 5.32 Å². The monoisotopic (exact) mass is 269 g/mol. The van der Waals surface area contributed by atoms with E-state index in [2.05, 4.69) is 10.3 Å². The molecule has 2 atom stereocenters. The number of aliphatic hydroxyl groups excluding tert-OH is 2. The maximum absolute atomic E-state index is 10.7. The predicted molar refractivity (Wildman–Crippen MR) is 65.2 cm³/mol. The van der Waals surface area contributed by atoms with Gasteiger partial charge in [0.25, 0.3) is 0 Å². The number of nitro groups is 1. The van der Waals surface area contributed by atoms with Crippen LogP contribution in [0.15, 0.2) is 18.3 Å². The molecule has 0 spiro atoms. The molecular formula is C11H15N3O5. The minimum absolute atomic E-state index is 0.0529. The van der Waals surface area contributed by atoms with Crippen LogP contribution in [0.3, 0.4) is 0 Å². The molecule has 1 aromatic heterocycles. The lowest BCUT2D eigenvalue weighted by Crippen LogP contribution is -2.28. The van der Waals surface area contributed by atoms with Crippen molar-refractivity contribution in [3.05, 3.63) is 34.0 Å². The van der Waals surface area contributed by atoms with E-state index in [0.717, 1.165) is 0 Å². The summed E-state index contributed by atoms with van der Waals surface area (Å²) in [5, 5.41) is 32.8. The topological polar surface area (TPSA) is 126 Å². The third-order valence-electron chi connectivity index (χ3n) is 2.49. The van der Waals surface area contributed by atoms with E-state index in [1.165, 1.54) is 25.3 Å². The average molecular weight is 269 g/mol. The minimum Gasteiger partial charge on any atom is -0.390 e. The normalized spacial score (nSPS) is 13.6. The Bertz CT molecular complexity index is 465. The van der Waals surface area contributed by atoms with Crippen LogP contribution in [0.2, 0.25) is 0 Å². The van der Waals surface area contributed by atoms with Crippen molar-refractivity contribution in [1.82, 2.24) is 10.3 Å². The molecule has 8 nitrogen and oxygen atoms in total. The highest BCUT2D eigenvalue weighted by Crippen LogP contribution is 2.25. The molecule has 8 heteroatoms. The van der Waals surface area contributed by atoms with Crippen LogP contribution in [0, 0.1) is 10.1 Å². The van der Waals surface area contributed by atoms with Crippen molar-refractivity contribution in [2.75, 3.05) is 6.54 Å². The molecule has 3 N–H and O–H groups in total. The summed E-state index contributed by atoms with van der Waals surface area (Å²) in [5.41, 5.74) is -0.0529. The number of rotatable bonds is 6. The van der Waals surface area contributed by atoms with E-state index >= 15 is 0 Å². The molecule has 0 fully saturated rings. The number of carbonyl (C=O) groups excluding carboxylic acids is 1. The van der Waals surface area contributed by atoms with Gasteiger partial charge in [0.05, 0.1) is 11.7 Å². The van der Waals surface area contributed by atoms with Crippen LogP contribution in [-0.2, 0) is 4.79 Å². The minimum atomic E-state index is -1.43. The van der Waals surface area contributed by atoms with Gasteiger partial charge >= 0.3 is 5.82 Å². The quantitative estimate of drug-likeness (QED) is 0.489. The first-order chi connectivity index (χ1) is 8.93. The molecule has 0 aliphatic heterocycles. The third kappa shape index (κ3) is 4.27. The number of hydrogen-bond donors (Lipinski definition) is 3. The van der Waals surface area contributed by atoms with Gasteiger partial charge in [0, 0.05) is 13.5 Å². The van der Waals surface area contributed by atoms with E-state index in [1.54, 1.807) is 0 Å². The van der Waals surface area contributed by atoms with Gasteiger partial charge in [-0.25, -0.2) is 0 Å². The number of nitrogens with one attached hydrogen (secondary N) is 1. The first kappa shape index (κ1) is 15.0. The molecule has 104 valence electrons. The smallest absolute Gasteiger partial charge is 0.369 e. The van der Waals surface area contributed by atoms with Crippen LogP contribution in [-0.4, -0.2) is 38.7 Å². The van der Waals surface area contributed by atoms with Gasteiger partial charge in [0.15, 0.2) is 0 Å². The van der Waals surface area contributed by atoms with Crippen molar-refractivity contribution in [2.24, 2.45) is 0 Å². The molecule has 1 amide bonds. The van der Waals surface area contributed by atoms with Crippen molar-refractivity contribution < 1.29 is 19.9 Å². The van der Waals surface area contributed by atoms with Crippen LogP contribution in [0.5, 0.6) is 0 Å². The Morgan fingerprint density at radius 1 is 1.58 bits per heavy atom. The molecule has 1 rings (SSSR count). The van der Waals surface area contributed by atoms with Gasteiger partial charge in [-0.1, -0.05) is 0 Å². The van der Waals surface area contributed by atoms with E-state index in [-0.39, 0.29) is 24.4 Å².